The van der Waals surface area contributed by atoms with E-state index in [1.807, 2.05) is 66.7 Å². The standard InChI is InChI=1S/C50H36N4/c51-29-30-14-20-40-41-21-19-37(26-43(41)50(42(40)23-30)44-24-31-22-39-28-49(50,27-31)45(39)44)33-17-15-32(16-18-33)36-12-7-13-38(25-36)48-53-46(34-8-3-1-4-9-34)52-47(54-48)35-10-5-2-6-11-35/h1-21,23,25-26,31,39,44-45H,22,24,27-28H2. The molecule has 4 heteroatoms. The number of fused-ring (bicyclic) bond motifs is 3. The second kappa shape index (κ2) is 10.9. The van der Waals surface area contributed by atoms with Gasteiger partial charge in [0.15, 0.2) is 17.5 Å². The molecule has 1 heterocycles. The largest absolute Gasteiger partial charge is 0.208 e. The summed E-state index contributed by atoms with van der Waals surface area (Å²) in [7, 11) is 0. The quantitative estimate of drug-likeness (QED) is 0.180. The minimum Gasteiger partial charge on any atom is -0.208 e. The Hall–Kier alpha value is -6.18. The lowest BCUT2D eigenvalue weighted by Gasteiger charge is -2.85. The van der Waals surface area contributed by atoms with Gasteiger partial charge in [-0.2, -0.15) is 5.26 Å². The van der Waals surface area contributed by atoms with Crippen molar-refractivity contribution in [3.63, 3.8) is 0 Å². The first kappa shape index (κ1) is 30.3. The summed E-state index contributed by atoms with van der Waals surface area (Å²) in [5.41, 5.74) is 14.6. The summed E-state index contributed by atoms with van der Waals surface area (Å²) in [5, 5.41) is 9.95. The van der Waals surface area contributed by atoms with Crippen molar-refractivity contribution in [2.45, 2.75) is 31.1 Å². The first-order valence-corrected chi connectivity index (χ1v) is 19.4. The second-order valence-electron chi connectivity index (χ2n) is 16.4. The molecule has 256 valence electrons. The van der Waals surface area contributed by atoms with Crippen LogP contribution in [0.3, 0.4) is 0 Å². The molecule has 0 amide bonds. The Labute approximate surface area is 315 Å². The van der Waals surface area contributed by atoms with Crippen LogP contribution in [0.2, 0.25) is 0 Å². The van der Waals surface area contributed by atoms with E-state index in [4.69, 9.17) is 15.0 Å². The molecule has 4 nitrogen and oxygen atoms in total. The highest BCUT2D eigenvalue weighted by atomic mass is 15.0. The van der Waals surface area contributed by atoms with Crippen LogP contribution in [0, 0.1) is 40.4 Å². The lowest BCUT2D eigenvalue weighted by Crippen LogP contribution is -2.81. The maximum Gasteiger partial charge on any atom is 0.164 e. The van der Waals surface area contributed by atoms with Crippen molar-refractivity contribution in [3.05, 3.63) is 162 Å². The summed E-state index contributed by atoms with van der Waals surface area (Å²) in [5.74, 6) is 5.38. The highest BCUT2D eigenvalue weighted by Gasteiger charge is 2.84. The second-order valence-corrected chi connectivity index (χ2v) is 16.4. The van der Waals surface area contributed by atoms with Crippen LogP contribution in [0.1, 0.15) is 42.4 Å². The van der Waals surface area contributed by atoms with Crippen molar-refractivity contribution in [2.24, 2.45) is 29.1 Å². The van der Waals surface area contributed by atoms with E-state index in [9.17, 15) is 5.26 Å². The predicted molar refractivity (Wildman–Crippen MR) is 213 cm³/mol. The number of hydrogen-bond donors (Lipinski definition) is 0. The summed E-state index contributed by atoms with van der Waals surface area (Å²) in [6, 6.07) is 54.0. The van der Waals surface area contributed by atoms with Crippen molar-refractivity contribution in [2.75, 3.05) is 0 Å². The first-order valence-electron chi connectivity index (χ1n) is 19.4. The average molecular weight is 693 g/mol. The molecular formula is C50H36N4. The van der Waals surface area contributed by atoms with Gasteiger partial charge in [0.1, 0.15) is 0 Å². The Morgan fingerprint density at radius 3 is 1.67 bits per heavy atom. The van der Waals surface area contributed by atoms with Crippen LogP contribution in [0.15, 0.2) is 146 Å². The van der Waals surface area contributed by atoms with Gasteiger partial charge in [-0.25, -0.2) is 15.0 Å². The maximum absolute atomic E-state index is 9.95. The molecule has 7 aromatic rings. The summed E-state index contributed by atoms with van der Waals surface area (Å²) in [4.78, 5) is 14.8. The van der Waals surface area contributed by atoms with E-state index in [1.54, 1.807) is 0 Å². The van der Waals surface area contributed by atoms with Crippen molar-refractivity contribution in [3.8, 4) is 73.6 Å². The van der Waals surface area contributed by atoms with Crippen LogP contribution in [0.5, 0.6) is 0 Å². The molecule has 6 aromatic carbocycles. The molecule has 8 aliphatic carbocycles. The SMILES string of the molecule is N#Cc1ccc2c(c1)C1(c3cc(-c4ccc(-c5cccc(-c6nc(-c7ccccc7)nc(-c7ccccc7)n6)c5)cc4)ccc3-2)C2CC3CC4CC1(C3)C42. The summed E-state index contributed by atoms with van der Waals surface area (Å²) >= 11 is 0. The molecule has 0 aliphatic heterocycles. The summed E-state index contributed by atoms with van der Waals surface area (Å²) < 4.78 is 0. The molecule has 8 aliphatic rings. The molecular weight excluding hydrogens is 657 g/mol. The minimum absolute atomic E-state index is 0.0643. The molecule has 7 saturated carbocycles. The summed E-state index contributed by atoms with van der Waals surface area (Å²) in [6.45, 7) is 0. The molecule has 6 unspecified atom stereocenters. The topological polar surface area (TPSA) is 62.5 Å². The van der Waals surface area contributed by atoms with E-state index in [2.05, 4.69) is 84.9 Å². The van der Waals surface area contributed by atoms with Crippen LogP contribution in [-0.2, 0) is 5.41 Å². The lowest BCUT2D eigenvalue weighted by molar-refractivity contribution is -0.327. The Morgan fingerprint density at radius 2 is 1.06 bits per heavy atom. The molecule has 0 radical (unpaired) electrons. The van der Waals surface area contributed by atoms with E-state index >= 15 is 0 Å². The molecule has 0 N–H and O–H groups in total. The van der Waals surface area contributed by atoms with Gasteiger partial charge in [-0.15, -0.1) is 0 Å². The average Bonchev–Trinajstić information content (AvgIpc) is 3.54. The number of nitrogens with zero attached hydrogens (tertiary/aromatic N) is 4. The van der Waals surface area contributed by atoms with Crippen LogP contribution >= 0.6 is 0 Å². The van der Waals surface area contributed by atoms with Crippen LogP contribution in [0.4, 0.5) is 0 Å². The fourth-order valence-electron chi connectivity index (χ4n) is 12.4. The van der Waals surface area contributed by atoms with Crippen molar-refractivity contribution >= 4 is 0 Å². The Kier molecular flexibility index (Phi) is 6.13. The van der Waals surface area contributed by atoms with E-state index in [0.29, 0.717) is 28.8 Å². The highest BCUT2D eigenvalue weighted by molar-refractivity contribution is 5.87. The number of hydrogen-bond acceptors (Lipinski definition) is 4. The molecule has 1 aromatic heterocycles. The summed E-state index contributed by atoms with van der Waals surface area (Å²) in [6.07, 6.45) is 5.53. The van der Waals surface area contributed by atoms with Gasteiger partial charge in [-0.05, 0) is 124 Å². The molecule has 6 atom stereocenters. The van der Waals surface area contributed by atoms with E-state index in [0.717, 1.165) is 51.1 Å². The van der Waals surface area contributed by atoms with Gasteiger partial charge in [0.2, 0.25) is 0 Å². The van der Waals surface area contributed by atoms with Crippen molar-refractivity contribution in [1.82, 2.24) is 15.0 Å². The first-order chi connectivity index (χ1) is 26.6. The van der Waals surface area contributed by atoms with Crippen LogP contribution in [0.25, 0.3) is 67.5 Å². The zero-order valence-electron chi connectivity index (χ0n) is 29.8. The molecule has 7 fully saturated rings. The van der Waals surface area contributed by atoms with Crippen LogP contribution in [-0.4, -0.2) is 15.0 Å². The van der Waals surface area contributed by atoms with Gasteiger partial charge in [0.05, 0.1) is 11.6 Å². The van der Waals surface area contributed by atoms with Gasteiger partial charge < -0.3 is 0 Å². The molecule has 15 rings (SSSR count). The molecule has 2 spiro atoms. The van der Waals surface area contributed by atoms with E-state index in [-0.39, 0.29) is 5.41 Å². The van der Waals surface area contributed by atoms with Gasteiger partial charge in [-0.1, -0.05) is 121 Å². The van der Waals surface area contributed by atoms with Crippen LogP contribution < -0.4 is 0 Å². The van der Waals surface area contributed by atoms with Gasteiger partial charge >= 0.3 is 0 Å². The Morgan fingerprint density at radius 1 is 0.500 bits per heavy atom. The lowest BCUT2D eigenvalue weighted by atomic mass is 9.18. The van der Waals surface area contributed by atoms with Gasteiger partial charge in [0, 0.05) is 22.1 Å². The molecule has 5 bridgehead atoms. The highest BCUT2D eigenvalue weighted by Crippen LogP contribution is 2.89. The predicted octanol–water partition coefficient (Wildman–Crippen LogP) is 11.4. The monoisotopic (exact) mass is 692 g/mol. The fourth-order valence-corrected chi connectivity index (χ4v) is 12.4. The van der Waals surface area contributed by atoms with E-state index in [1.165, 1.54) is 59.1 Å². The number of aromatic nitrogens is 3. The Balaban J connectivity index is 0.907. The number of rotatable bonds is 5. The maximum atomic E-state index is 9.95. The molecule has 0 saturated heterocycles. The smallest absolute Gasteiger partial charge is 0.164 e. The van der Waals surface area contributed by atoms with Crippen molar-refractivity contribution in [1.29, 1.82) is 5.26 Å². The van der Waals surface area contributed by atoms with Gasteiger partial charge in [0.25, 0.3) is 0 Å². The van der Waals surface area contributed by atoms with Gasteiger partial charge in [-0.3, -0.25) is 0 Å². The Bertz CT molecular complexity index is 2650. The van der Waals surface area contributed by atoms with Crippen molar-refractivity contribution < 1.29 is 0 Å². The number of benzene rings is 6. The third-order valence-corrected chi connectivity index (χ3v) is 14.1. The molecule has 54 heavy (non-hydrogen) atoms. The normalized spacial score (nSPS) is 26.0. The number of nitriles is 1. The fraction of sp³-hybridized carbons (Fsp3) is 0.200. The third-order valence-electron chi connectivity index (χ3n) is 14.1. The van der Waals surface area contributed by atoms with E-state index < -0.39 is 0 Å². The zero-order chi connectivity index (χ0) is 35.6. The zero-order valence-corrected chi connectivity index (χ0v) is 29.8. The third kappa shape index (κ3) is 3.94. The minimum atomic E-state index is 0.0643.